The first-order chi connectivity index (χ1) is 15.5. The van der Waals surface area contributed by atoms with E-state index >= 15 is 0 Å². The quantitative estimate of drug-likeness (QED) is 0.463. The van der Waals surface area contributed by atoms with Crippen LogP contribution in [0.4, 0.5) is 17.1 Å². The SMILES string of the molecule is CC(C(=O)Nc1ccccc1-c1ccccc1)N1CCN(c2ccc([N+](=O)[O-])cc2)CC1. The van der Waals surface area contributed by atoms with Crippen molar-refractivity contribution in [3.8, 4) is 11.1 Å². The summed E-state index contributed by atoms with van der Waals surface area (Å²) in [6.07, 6.45) is 0. The van der Waals surface area contributed by atoms with E-state index < -0.39 is 4.92 Å². The lowest BCUT2D eigenvalue weighted by atomic mass is 10.0. The number of benzene rings is 3. The molecule has 1 fully saturated rings. The number of nitro benzene ring substituents is 1. The lowest BCUT2D eigenvalue weighted by Gasteiger charge is -2.38. The number of rotatable bonds is 6. The van der Waals surface area contributed by atoms with Crippen LogP contribution in [0.5, 0.6) is 0 Å². The normalized spacial score (nSPS) is 15.2. The highest BCUT2D eigenvalue weighted by Crippen LogP contribution is 2.28. The van der Waals surface area contributed by atoms with Crippen molar-refractivity contribution in [2.75, 3.05) is 36.4 Å². The Kier molecular flexibility index (Phi) is 6.47. The molecule has 1 atom stereocenters. The van der Waals surface area contributed by atoms with Gasteiger partial charge in [-0.3, -0.25) is 19.8 Å². The van der Waals surface area contributed by atoms with Crippen LogP contribution in [0.25, 0.3) is 11.1 Å². The molecule has 0 aliphatic carbocycles. The van der Waals surface area contributed by atoms with Crippen molar-refractivity contribution in [2.24, 2.45) is 0 Å². The molecule has 7 heteroatoms. The van der Waals surface area contributed by atoms with Gasteiger partial charge in [-0.15, -0.1) is 0 Å². The molecule has 0 radical (unpaired) electrons. The Morgan fingerprint density at radius 1 is 0.906 bits per heavy atom. The van der Waals surface area contributed by atoms with Gasteiger partial charge in [0.2, 0.25) is 5.91 Å². The third-order valence-electron chi connectivity index (χ3n) is 5.94. The summed E-state index contributed by atoms with van der Waals surface area (Å²) in [6, 6.07) is 24.2. The molecule has 1 amide bonds. The number of amides is 1. The standard InChI is InChI=1S/C25H26N4O3/c1-19(25(30)26-24-10-6-5-9-23(24)20-7-3-2-4-8-20)27-15-17-28(18-16-27)21-11-13-22(14-12-21)29(31)32/h2-14,19H,15-18H2,1H3,(H,26,30). The Labute approximate surface area is 187 Å². The Morgan fingerprint density at radius 3 is 2.19 bits per heavy atom. The number of nitrogens with zero attached hydrogens (tertiary/aromatic N) is 3. The second kappa shape index (κ2) is 9.62. The maximum Gasteiger partial charge on any atom is 0.269 e. The maximum atomic E-state index is 13.0. The topological polar surface area (TPSA) is 78.7 Å². The van der Waals surface area contributed by atoms with Crippen LogP contribution in [0.1, 0.15) is 6.92 Å². The number of nitro groups is 1. The molecular weight excluding hydrogens is 404 g/mol. The van der Waals surface area contributed by atoms with E-state index in [2.05, 4.69) is 15.1 Å². The van der Waals surface area contributed by atoms with Crippen molar-refractivity contribution < 1.29 is 9.72 Å². The van der Waals surface area contributed by atoms with Gasteiger partial charge in [-0.05, 0) is 30.7 Å². The zero-order valence-electron chi connectivity index (χ0n) is 18.0. The van der Waals surface area contributed by atoms with E-state index in [-0.39, 0.29) is 17.6 Å². The molecule has 4 rings (SSSR count). The maximum absolute atomic E-state index is 13.0. The van der Waals surface area contributed by atoms with E-state index in [1.54, 1.807) is 12.1 Å². The molecule has 0 spiro atoms. The summed E-state index contributed by atoms with van der Waals surface area (Å²) in [6.45, 7) is 4.94. The lowest BCUT2D eigenvalue weighted by Crippen LogP contribution is -2.52. The van der Waals surface area contributed by atoms with Crippen molar-refractivity contribution in [1.29, 1.82) is 0 Å². The minimum Gasteiger partial charge on any atom is -0.369 e. The minimum absolute atomic E-state index is 0.0304. The number of hydrogen-bond acceptors (Lipinski definition) is 5. The number of piperazine rings is 1. The summed E-state index contributed by atoms with van der Waals surface area (Å²) in [4.78, 5) is 27.8. The van der Waals surface area contributed by atoms with Crippen LogP contribution in [0.15, 0.2) is 78.9 Å². The molecule has 1 aliphatic rings. The van der Waals surface area contributed by atoms with Gasteiger partial charge in [-0.25, -0.2) is 0 Å². The molecule has 7 nitrogen and oxygen atoms in total. The molecule has 1 unspecified atom stereocenters. The van der Waals surface area contributed by atoms with Gasteiger partial charge in [-0.2, -0.15) is 0 Å². The predicted molar refractivity (Wildman–Crippen MR) is 127 cm³/mol. The Hall–Kier alpha value is -3.71. The molecule has 0 saturated carbocycles. The van der Waals surface area contributed by atoms with Gasteiger partial charge in [0.05, 0.1) is 11.0 Å². The fraction of sp³-hybridized carbons (Fsp3) is 0.240. The zero-order valence-corrected chi connectivity index (χ0v) is 18.0. The molecule has 1 aliphatic heterocycles. The van der Waals surface area contributed by atoms with E-state index in [9.17, 15) is 14.9 Å². The highest BCUT2D eigenvalue weighted by molar-refractivity contribution is 5.98. The third-order valence-corrected chi connectivity index (χ3v) is 5.94. The second-order valence-electron chi connectivity index (χ2n) is 7.87. The van der Waals surface area contributed by atoms with Crippen molar-refractivity contribution in [2.45, 2.75) is 13.0 Å². The number of para-hydroxylation sites is 1. The molecule has 3 aromatic carbocycles. The summed E-state index contributed by atoms with van der Waals surface area (Å²) in [5.74, 6) is -0.0304. The molecule has 1 heterocycles. The van der Waals surface area contributed by atoms with Crippen molar-refractivity contribution in [1.82, 2.24) is 4.90 Å². The molecule has 0 aromatic heterocycles. The highest BCUT2D eigenvalue weighted by atomic mass is 16.6. The molecule has 1 N–H and O–H groups in total. The third kappa shape index (κ3) is 4.78. The fourth-order valence-corrected chi connectivity index (χ4v) is 4.02. The number of nitrogens with one attached hydrogen (secondary N) is 1. The first kappa shape index (κ1) is 21.5. The van der Waals surface area contributed by atoms with Gasteiger partial charge < -0.3 is 10.2 Å². The summed E-state index contributed by atoms with van der Waals surface area (Å²) in [7, 11) is 0. The van der Waals surface area contributed by atoms with Gasteiger partial charge in [0.15, 0.2) is 0 Å². The largest absolute Gasteiger partial charge is 0.369 e. The molecule has 3 aromatic rings. The average molecular weight is 431 g/mol. The van der Waals surface area contributed by atoms with E-state index in [1.165, 1.54) is 12.1 Å². The van der Waals surface area contributed by atoms with Crippen LogP contribution in [-0.2, 0) is 4.79 Å². The molecular formula is C25H26N4O3. The Bertz CT molecular complexity index is 1080. The molecule has 0 bridgehead atoms. The summed E-state index contributed by atoms with van der Waals surface area (Å²) in [5, 5.41) is 14.0. The van der Waals surface area contributed by atoms with E-state index in [4.69, 9.17) is 0 Å². The van der Waals surface area contributed by atoms with Crippen LogP contribution in [0.3, 0.4) is 0 Å². The van der Waals surface area contributed by atoms with Gasteiger partial charge in [0, 0.05) is 55.2 Å². The summed E-state index contributed by atoms with van der Waals surface area (Å²) >= 11 is 0. The van der Waals surface area contributed by atoms with Crippen molar-refractivity contribution >= 4 is 23.0 Å². The van der Waals surface area contributed by atoms with E-state index in [0.717, 1.165) is 48.7 Å². The number of carbonyl (C=O) groups excluding carboxylic acids is 1. The van der Waals surface area contributed by atoms with Crippen LogP contribution in [0, 0.1) is 10.1 Å². The first-order valence-corrected chi connectivity index (χ1v) is 10.7. The Balaban J connectivity index is 1.37. The van der Waals surface area contributed by atoms with Crippen LogP contribution in [0.2, 0.25) is 0 Å². The summed E-state index contributed by atoms with van der Waals surface area (Å²) < 4.78 is 0. The fourth-order valence-electron chi connectivity index (χ4n) is 4.02. The monoisotopic (exact) mass is 430 g/mol. The van der Waals surface area contributed by atoms with Gasteiger partial charge in [0.25, 0.3) is 5.69 Å². The summed E-state index contributed by atoms with van der Waals surface area (Å²) in [5.41, 5.74) is 3.92. The average Bonchev–Trinajstić information content (AvgIpc) is 2.84. The lowest BCUT2D eigenvalue weighted by molar-refractivity contribution is -0.384. The van der Waals surface area contributed by atoms with Crippen LogP contribution in [-0.4, -0.2) is 48.0 Å². The van der Waals surface area contributed by atoms with Gasteiger partial charge >= 0.3 is 0 Å². The molecule has 1 saturated heterocycles. The predicted octanol–water partition coefficient (Wildman–Crippen LogP) is 4.41. The van der Waals surface area contributed by atoms with Crippen molar-refractivity contribution in [3.05, 3.63) is 89.0 Å². The molecule has 164 valence electrons. The number of hydrogen-bond donors (Lipinski definition) is 1. The van der Waals surface area contributed by atoms with E-state index in [0.29, 0.717) is 0 Å². The van der Waals surface area contributed by atoms with Crippen LogP contribution >= 0.6 is 0 Å². The van der Waals surface area contributed by atoms with Crippen molar-refractivity contribution in [3.63, 3.8) is 0 Å². The van der Waals surface area contributed by atoms with E-state index in [1.807, 2.05) is 61.5 Å². The van der Waals surface area contributed by atoms with Gasteiger partial charge in [-0.1, -0.05) is 48.5 Å². The smallest absolute Gasteiger partial charge is 0.269 e. The highest BCUT2D eigenvalue weighted by Gasteiger charge is 2.26. The zero-order chi connectivity index (χ0) is 22.5. The minimum atomic E-state index is -0.391. The number of anilines is 2. The van der Waals surface area contributed by atoms with Gasteiger partial charge in [0.1, 0.15) is 0 Å². The molecule has 32 heavy (non-hydrogen) atoms. The first-order valence-electron chi connectivity index (χ1n) is 10.7. The van der Waals surface area contributed by atoms with Crippen LogP contribution < -0.4 is 10.2 Å². The number of carbonyl (C=O) groups is 1. The second-order valence-corrected chi connectivity index (χ2v) is 7.87. The number of non-ortho nitro benzene ring substituents is 1. The Morgan fingerprint density at radius 2 is 1.53 bits per heavy atom.